The van der Waals surface area contributed by atoms with E-state index in [1.807, 2.05) is 12.1 Å². The second-order valence-electron chi connectivity index (χ2n) is 5.75. The van der Waals surface area contributed by atoms with E-state index >= 15 is 0 Å². The van der Waals surface area contributed by atoms with Crippen LogP contribution in [0.4, 0.5) is 9.52 Å². The van der Waals surface area contributed by atoms with Gasteiger partial charge in [0, 0.05) is 0 Å². The lowest BCUT2D eigenvalue weighted by Crippen LogP contribution is -2.20. The summed E-state index contributed by atoms with van der Waals surface area (Å²) in [6.07, 6.45) is 3.37. The van der Waals surface area contributed by atoms with E-state index in [0.29, 0.717) is 21.1 Å². The van der Waals surface area contributed by atoms with Gasteiger partial charge in [-0.3, -0.25) is 10.1 Å². The van der Waals surface area contributed by atoms with E-state index in [4.69, 9.17) is 4.74 Å². The number of hydrogen-bond donors (Lipinski definition) is 1. The molecule has 4 rings (SSSR count). The highest BCUT2D eigenvalue weighted by Gasteiger charge is 2.13. The molecule has 0 saturated heterocycles. The third-order valence-electron chi connectivity index (χ3n) is 4.04. The van der Waals surface area contributed by atoms with Gasteiger partial charge < -0.3 is 4.74 Å². The number of hydrogen-bond acceptors (Lipinski definition) is 4. The Balaban J connectivity index is 1.39. The molecule has 0 aliphatic heterocycles. The number of amides is 1. The van der Waals surface area contributed by atoms with Crippen LogP contribution >= 0.6 is 11.3 Å². The van der Waals surface area contributed by atoms with E-state index in [2.05, 4.69) is 16.4 Å². The Morgan fingerprint density at radius 3 is 3.00 bits per heavy atom. The Morgan fingerprint density at radius 2 is 2.08 bits per heavy atom. The largest absolute Gasteiger partial charge is 0.484 e. The highest BCUT2D eigenvalue weighted by molar-refractivity contribution is 7.22. The monoisotopic (exact) mass is 342 g/mol. The van der Waals surface area contributed by atoms with Crippen LogP contribution in [0.1, 0.15) is 17.5 Å². The Labute approximate surface area is 142 Å². The van der Waals surface area contributed by atoms with Gasteiger partial charge >= 0.3 is 0 Å². The van der Waals surface area contributed by atoms with Crippen molar-refractivity contribution >= 4 is 32.6 Å². The molecule has 0 atom stereocenters. The number of aromatic nitrogens is 1. The molecule has 0 bridgehead atoms. The normalized spacial score (nSPS) is 13.0. The molecule has 4 nitrogen and oxygen atoms in total. The summed E-state index contributed by atoms with van der Waals surface area (Å²) in [5.41, 5.74) is 3.34. The first-order chi connectivity index (χ1) is 11.7. The van der Waals surface area contributed by atoms with Gasteiger partial charge in [-0.15, -0.1) is 0 Å². The molecule has 122 valence electrons. The quantitative estimate of drug-likeness (QED) is 0.781. The highest BCUT2D eigenvalue weighted by atomic mass is 32.1. The van der Waals surface area contributed by atoms with Crippen molar-refractivity contribution in [2.75, 3.05) is 11.9 Å². The molecule has 1 aliphatic rings. The van der Waals surface area contributed by atoms with Crippen LogP contribution < -0.4 is 10.1 Å². The first kappa shape index (κ1) is 15.1. The highest BCUT2D eigenvalue weighted by Crippen LogP contribution is 2.27. The van der Waals surface area contributed by atoms with Gasteiger partial charge in [-0.25, -0.2) is 9.37 Å². The minimum atomic E-state index is -0.316. The van der Waals surface area contributed by atoms with Crippen molar-refractivity contribution in [3.05, 3.63) is 53.3 Å². The van der Waals surface area contributed by atoms with Crippen LogP contribution in [0.25, 0.3) is 10.2 Å². The van der Waals surface area contributed by atoms with Crippen LogP contribution in [-0.4, -0.2) is 17.5 Å². The number of thiazole rings is 1. The summed E-state index contributed by atoms with van der Waals surface area (Å²) in [6, 6.07) is 10.3. The van der Waals surface area contributed by atoms with Crippen molar-refractivity contribution in [1.29, 1.82) is 0 Å². The lowest BCUT2D eigenvalue weighted by Gasteiger charge is -2.07. The maximum atomic E-state index is 13.2. The number of carbonyl (C=O) groups is 1. The van der Waals surface area contributed by atoms with E-state index in [1.165, 1.54) is 41.0 Å². The number of nitrogens with one attached hydrogen (secondary N) is 1. The van der Waals surface area contributed by atoms with E-state index in [0.717, 1.165) is 12.8 Å². The molecule has 1 aliphatic carbocycles. The molecular weight excluding hydrogens is 327 g/mol. The average Bonchev–Trinajstić information content (AvgIpc) is 3.17. The lowest BCUT2D eigenvalue weighted by atomic mass is 10.1. The molecule has 1 heterocycles. The SMILES string of the molecule is O=C(COc1ccc2c(c1)CCC2)Nc1nc2ccc(F)cc2s1. The molecule has 0 fully saturated rings. The fraction of sp³-hybridized carbons (Fsp3) is 0.222. The van der Waals surface area contributed by atoms with Crippen LogP contribution in [0, 0.1) is 5.82 Å². The lowest BCUT2D eigenvalue weighted by molar-refractivity contribution is -0.118. The zero-order chi connectivity index (χ0) is 16.5. The first-order valence-corrected chi connectivity index (χ1v) is 8.59. The molecule has 3 aromatic rings. The number of rotatable bonds is 4. The smallest absolute Gasteiger partial charge is 0.264 e. The standard InChI is InChI=1S/C18H15FN2O2S/c19-13-5-7-15-16(9-13)24-18(20-15)21-17(22)10-23-14-6-4-11-2-1-3-12(11)8-14/h4-9H,1-3,10H2,(H,20,21,22). The fourth-order valence-electron chi connectivity index (χ4n) is 2.89. The van der Waals surface area contributed by atoms with E-state index in [1.54, 1.807) is 6.07 Å². The summed E-state index contributed by atoms with van der Waals surface area (Å²) in [6.45, 7) is -0.0803. The summed E-state index contributed by atoms with van der Waals surface area (Å²) < 4.78 is 19.4. The van der Waals surface area contributed by atoms with Crippen molar-refractivity contribution in [1.82, 2.24) is 4.98 Å². The molecule has 0 radical (unpaired) electrons. The van der Waals surface area contributed by atoms with Crippen molar-refractivity contribution in [2.24, 2.45) is 0 Å². The Kier molecular flexibility index (Phi) is 3.90. The first-order valence-electron chi connectivity index (χ1n) is 7.78. The number of carbonyl (C=O) groups excluding carboxylic acids is 1. The number of nitrogens with zero attached hydrogens (tertiary/aromatic N) is 1. The summed E-state index contributed by atoms with van der Waals surface area (Å²) >= 11 is 1.24. The Bertz CT molecular complexity index is 923. The number of ether oxygens (including phenoxy) is 1. The summed E-state index contributed by atoms with van der Waals surface area (Å²) in [7, 11) is 0. The summed E-state index contributed by atoms with van der Waals surface area (Å²) in [4.78, 5) is 16.3. The van der Waals surface area contributed by atoms with Crippen LogP contribution in [0.3, 0.4) is 0 Å². The predicted octanol–water partition coefficient (Wildman–Crippen LogP) is 3.94. The number of halogens is 1. The minimum Gasteiger partial charge on any atom is -0.484 e. The maximum Gasteiger partial charge on any atom is 0.264 e. The van der Waals surface area contributed by atoms with Gasteiger partial charge in [0.1, 0.15) is 11.6 Å². The number of fused-ring (bicyclic) bond motifs is 2. The van der Waals surface area contributed by atoms with Crippen LogP contribution in [-0.2, 0) is 17.6 Å². The molecular formula is C18H15FN2O2S. The molecule has 1 amide bonds. The topological polar surface area (TPSA) is 51.2 Å². The fourth-order valence-corrected chi connectivity index (χ4v) is 3.80. The number of anilines is 1. The number of benzene rings is 2. The molecule has 0 saturated carbocycles. The maximum absolute atomic E-state index is 13.2. The molecule has 1 aromatic heterocycles. The molecule has 1 N–H and O–H groups in total. The van der Waals surface area contributed by atoms with Crippen molar-refractivity contribution in [2.45, 2.75) is 19.3 Å². The van der Waals surface area contributed by atoms with E-state index in [9.17, 15) is 9.18 Å². The molecule has 2 aromatic carbocycles. The number of aryl methyl sites for hydroxylation is 2. The van der Waals surface area contributed by atoms with E-state index < -0.39 is 0 Å². The van der Waals surface area contributed by atoms with E-state index in [-0.39, 0.29) is 18.3 Å². The predicted molar refractivity (Wildman–Crippen MR) is 92.2 cm³/mol. The van der Waals surface area contributed by atoms with Crippen molar-refractivity contribution in [3.8, 4) is 5.75 Å². The second-order valence-corrected chi connectivity index (χ2v) is 6.78. The Hall–Kier alpha value is -2.47. The van der Waals surface area contributed by atoms with Crippen LogP contribution in [0.5, 0.6) is 5.75 Å². The zero-order valence-electron chi connectivity index (χ0n) is 12.8. The van der Waals surface area contributed by atoms with Gasteiger partial charge in [0.25, 0.3) is 5.91 Å². The van der Waals surface area contributed by atoms with Gasteiger partial charge in [0.15, 0.2) is 11.7 Å². The average molecular weight is 342 g/mol. The molecule has 0 unspecified atom stereocenters. The van der Waals surface area contributed by atoms with Gasteiger partial charge in [-0.05, 0) is 60.7 Å². The zero-order valence-corrected chi connectivity index (χ0v) is 13.7. The van der Waals surface area contributed by atoms with Gasteiger partial charge in [-0.2, -0.15) is 0 Å². The van der Waals surface area contributed by atoms with Gasteiger partial charge in [-0.1, -0.05) is 17.4 Å². The third kappa shape index (κ3) is 3.10. The summed E-state index contributed by atoms with van der Waals surface area (Å²) in [5, 5.41) is 3.14. The van der Waals surface area contributed by atoms with Gasteiger partial charge in [0.05, 0.1) is 10.2 Å². The second kappa shape index (κ2) is 6.20. The van der Waals surface area contributed by atoms with Crippen molar-refractivity contribution < 1.29 is 13.9 Å². The summed E-state index contributed by atoms with van der Waals surface area (Å²) in [5.74, 6) is 0.108. The molecule has 0 spiro atoms. The molecule has 24 heavy (non-hydrogen) atoms. The Morgan fingerprint density at radius 1 is 1.21 bits per heavy atom. The van der Waals surface area contributed by atoms with Crippen molar-refractivity contribution in [3.63, 3.8) is 0 Å². The van der Waals surface area contributed by atoms with Gasteiger partial charge in [0.2, 0.25) is 0 Å². The van der Waals surface area contributed by atoms with Crippen LogP contribution in [0.15, 0.2) is 36.4 Å². The minimum absolute atomic E-state index is 0.0803. The van der Waals surface area contributed by atoms with Crippen LogP contribution in [0.2, 0.25) is 0 Å². The molecule has 6 heteroatoms. The third-order valence-corrected chi connectivity index (χ3v) is 4.97.